The molecule has 0 saturated heterocycles. The van der Waals surface area contributed by atoms with Gasteiger partial charge < -0.3 is 10.1 Å². The second-order valence-corrected chi connectivity index (χ2v) is 5.76. The molecule has 0 aromatic heterocycles. The van der Waals surface area contributed by atoms with E-state index in [0.717, 1.165) is 0 Å². The molecular weight excluding hydrogens is 336 g/mol. The lowest BCUT2D eigenvalue weighted by Crippen LogP contribution is -2.34. The van der Waals surface area contributed by atoms with Gasteiger partial charge in [-0.15, -0.1) is 0 Å². The number of carbonyl (C=O) groups is 3. The van der Waals surface area contributed by atoms with Crippen molar-refractivity contribution in [3.05, 3.63) is 75.8 Å². The number of rotatable bonds is 8. The Labute approximate surface area is 150 Å². The number of nitro benzene ring substituents is 1. The van der Waals surface area contributed by atoms with Crippen LogP contribution in [0.25, 0.3) is 0 Å². The SMILES string of the molecule is CC(=O)CCC(=O)C(NC(=O)c1ccccc1[N+](=O)[O-])c1ccccc1. The monoisotopic (exact) mass is 354 g/mol. The van der Waals surface area contributed by atoms with Crippen LogP contribution in [0.3, 0.4) is 0 Å². The van der Waals surface area contributed by atoms with E-state index in [1.807, 2.05) is 0 Å². The van der Waals surface area contributed by atoms with Gasteiger partial charge in [-0.05, 0) is 18.6 Å². The Morgan fingerprint density at radius 3 is 2.23 bits per heavy atom. The van der Waals surface area contributed by atoms with E-state index in [9.17, 15) is 24.5 Å². The highest BCUT2D eigenvalue weighted by Crippen LogP contribution is 2.21. The second-order valence-electron chi connectivity index (χ2n) is 5.76. The molecule has 0 heterocycles. The van der Waals surface area contributed by atoms with Crippen molar-refractivity contribution < 1.29 is 19.3 Å². The van der Waals surface area contributed by atoms with Gasteiger partial charge in [0.2, 0.25) is 0 Å². The molecule has 7 nitrogen and oxygen atoms in total. The minimum Gasteiger partial charge on any atom is -0.338 e. The summed E-state index contributed by atoms with van der Waals surface area (Å²) in [5.74, 6) is -1.18. The Morgan fingerprint density at radius 2 is 1.62 bits per heavy atom. The van der Waals surface area contributed by atoms with Gasteiger partial charge in [-0.2, -0.15) is 0 Å². The molecule has 2 aromatic rings. The van der Waals surface area contributed by atoms with E-state index < -0.39 is 16.9 Å². The number of nitrogens with zero attached hydrogens (tertiary/aromatic N) is 1. The Kier molecular flexibility index (Phi) is 6.32. The average Bonchev–Trinajstić information content (AvgIpc) is 2.64. The minimum absolute atomic E-state index is 0.0218. The van der Waals surface area contributed by atoms with Crippen molar-refractivity contribution in [2.75, 3.05) is 0 Å². The quantitative estimate of drug-likeness (QED) is 0.579. The predicted octanol–water partition coefficient (Wildman–Crippen LogP) is 3.00. The fraction of sp³-hybridized carbons (Fsp3) is 0.211. The molecule has 0 bridgehead atoms. The lowest BCUT2D eigenvalue weighted by atomic mass is 9.98. The van der Waals surface area contributed by atoms with Gasteiger partial charge in [0, 0.05) is 18.9 Å². The molecule has 134 valence electrons. The number of nitrogens with one attached hydrogen (secondary N) is 1. The number of carbonyl (C=O) groups excluding carboxylic acids is 3. The van der Waals surface area contributed by atoms with Gasteiger partial charge in [-0.25, -0.2) is 0 Å². The third-order valence-corrected chi connectivity index (χ3v) is 3.80. The van der Waals surface area contributed by atoms with Crippen LogP contribution in [0.5, 0.6) is 0 Å². The van der Waals surface area contributed by atoms with Gasteiger partial charge in [0.1, 0.15) is 17.4 Å². The summed E-state index contributed by atoms with van der Waals surface area (Å²) in [7, 11) is 0. The highest BCUT2D eigenvalue weighted by Gasteiger charge is 2.26. The molecule has 0 saturated carbocycles. The molecule has 26 heavy (non-hydrogen) atoms. The first-order chi connectivity index (χ1) is 12.4. The zero-order chi connectivity index (χ0) is 19.1. The molecule has 7 heteroatoms. The van der Waals surface area contributed by atoms with Crippen molar-refractivity contribution in [3.63, 3.8) is 0 Å². The van der Waals surface area contributed by atoms with Gasteiger partial charge in [-0.3, -0.25) is 19.7 Å². The van der Waals surface area contributed by atoms with E-state index in [-0.39, 0.29) is 35.7 Å². The van der Waals surface area contributed by atoms with Gasteiger partial charge in [-0.1, -0.05) is 42.5 Å². The van der Waals surface area contributed by atoms with Crippen molar-refractivity contribution in [1.29, 1.82) is 0 Å². The van der Waals surface area contributed by atoms with Crippen LogP contribution in [0.4, 0.5) is 5.69 Å². The van der Waals surface area contributed by atoms with Crippen LogP contribution in [-0.2, 0) is 9.59 Å². The normalized spacial score (nSPS) is 11.4. The summed E-state index contributed by atoms with van der Waals surface area (Å²) in [5.41, 5.74) is 0.0822. The summed E-state index contributed by atoms with van der Waals surface area (Å²) in [4.78, 5) is 46.7. The molecule has 1 unspecified atom stereocenters. The average molecular weight is 354 g/mol. The zero-order valence-electron chi connectivity index (χ0n) is 14.2. The maximum atomic E-state index is 12.6. The van der Waals surface area contributed by atoms with Crippen LogP contribution >= 0.6 is 0 Å². The number of benzene rings is 2. The van der Waals surface area contributed by atoms with Gasteiger partial charge in [0.05, 0.1) is 4.92 Å². The number of nitro groups is 1. The van der Waals surface area contributed by atoms with E-state index in [2.05, 4.69) is 5.32 Å². The van der Waals surface area contributed by atoms with E-state index >= 15 is 0 Å². The molecule has 0 radical (unpaired) electrons. The van der Waals surface area contributed by atoms with Crippen LogP contribution in [0.1, 0.15) is 41.7 Å². The highest BCUT2D eigenvalue weighted by atomic mass is 16.6. The summed E-state index contributed by atoms with van der Waals surface area (Å²) >= 11 is 0. The molecule has 2 rings (SSSR count). The lowest BCUT2D eigenvalue weighted by molar-refractivity contribution is -0.385. The summed E-state index contributed by atoms with van der Waals surface area (Å²) < 4.78 is 0. The molecule has 0 spiro atoms. The maximum Gasteiger partial charge on any atom is 0.282 e. The molecular formula is C19H18N2O5. The maximum absolute atomic E-state index is 12.6. The highest BCUT2D eigenvalue weighted by molar-refractivity contribution is 6.01. The number of amides is 1. The van der Waals surface area contributed by atoms with Crippen LogP contribution in [0.2, 0.25) is 0 Å². The van der Waals surface area contributed by atoms with Crippen molar-refractivity contribution in [2.45, 2.75) is 25.8 Å². The van der Waals surface area contributed by atoms with Crippen LogP contribution in [0, 0.1) is 10.1 Å². The first-order valence-electron chi connectivity index (χ1n) is 8.01. The zero-order valence-corrected chi connectivity index (χ0v) is 14.2. The molecule has 0 aliphatic rings. The lowest BCUT2D eigenvalue weighted by Gasteiger charge is -2.18. The van der Waals surface area contributed by atoms with E-state index in [1.165, 1.54) is 31.2 Å². The number of hydrogen-bond donors (Lipinski definition) is 1. The number of para-hydroxylation sites is 1. The summed E-state index contributed by atoms with van der Waals surface area (Å²) in [6.07, 6.45) is 0.0512. The molecule has 2 aromatic carbocycles. The molecule has 1 amide bonds. The van der Waals surface area contributed by atoms with E-state index in [4.69, 9.17) is 0 Å². The first kappa shape index (κ1) is 19.0. The van der Waals surface area contributed by atoms with Crippen molar-refractivity contribution in [1.82, 2.24) is 5.32 Å². The Morgan fingerprint density at radius 1 is 1.00 bits per heavy atom. The van der Waals surface area contributed by atoms with Gasteiger partial charge >= 0.3 is 0 Å². The molecule has 0 aliphatic heterocycles. The van der Waals surface area contributed by atoms with Crippen molar-refractivity contribution in [3.8, 4) is 0 Å². The smallest absolute Gasteiger partial charge is 0.282 e. The Hall–Kier alpha value is -3.35. The number of Topliss-reactive ketones (excluding diaryl/α,β-unsaturated/α-hetero) is 2. The number of ketones is 2. The molecule has 0 aliphatic carbocycles. The van der Waals surface area contributed by atoms with Crippen LogP contribution < -0.4 is 5.32 Å². The Balaban J connectivity index is 2.29. The fourth-order valence-electron chi connectivity index (χ4n) is 2.47. The Bertz CT molecular complexity index is 833. The largest absolute Gasteiger partial charge is 0.338 e. The van der Waals surface area contributed by atoms with Crippen molar-refractivity contribution >= 4 is 23.2 Å². The predicted molar refractivity (Wildman–Crippen MR) is 94.7 cm³/mol. The fourth-order valence-corrected chi connectivity index (χ4v) is 2.47. The topological polar surface area (TPSA) is 106 Å². The summed E-state index contributed by atoms with van der Waals surface area (Å²) in [6.45, 7) is 1.39. The summed E-state index contributed by atoms with van der Waals surface area (Å²) in [5, 5.41) is 13.7. The minimum atomic E-state index is -0.983. The van der Waals surface area contributed by atoms with E-state index in [1.54, 1.807) is 30.3 Å². The van der Waals surface area contributed by atoms with E-state index in [0.29, 0.717) is 5.56 Å². The second kappa shape index (κ2) is 8.66. The molecule has 0 fully saturated rings. The first-order valence-corrected chi connectivity index (χ1v) is 8.01. The van der Waals surface area contributed by atoms with Crippen LogP contribution in [-0.4, -0.2) is 22.4 Å². The van der Waals surface area contributed by atoms with Crippen LogP contribution in [0.15, 0.2) is 54.6 Å². The van der Waals surface area contributed by atoms with Gasteiger partial charge in [0.15, 0.2) is 5.78 Å². The third kappa shape index (κ3) is 4.83. The number of hydrogen-bond acceptors (Lipinski definition) is 5. The molecule has 1 N–H and O–H groups in total. The van der Waals surface area contributed by atoms with Crippen molar-refractivity contribution in [2.24, 2.45) is 0 Å². The molecule has 1 atom stereocenters. The summed E-state index contributed by atoms with van der Waals surface area (Å²) in [6, 6.07) is 13.1. The van der Waals surface area contributed by atoms with Gasteiger partial charge in [0.25, 0.3) is 11.6 Å². The third-order valence-electron chi connectivity index (χ3n) is 3.80. The standard InChI is InChI=1S/C19H18N2O5/c1-13(22)11-12-17(23)18(14-7-3-2-4-8-14)20-19(24)15-9-5-6-10-16(15)21(25)26/h2-10,18H,11-12H2,1H3,(H,20,24).